The van der Waals surface area contributed by atoms with Crippen LogP contribution in [0.25, 0.3) is 0 Å². The minimum Gasteiger partial charge on any atom is -0.494 e. The van der Waals surface area contributed by atoms with Crippen LogP contribution in [-0.4, -0.2) is 28.4 Å². The first-order chi connectivity index (χ1) is 7.45. The van der Waals surface area contributed by atoms with Crippen molar-refractivity contribution >= 4 is 5.97 Å². The van der Waals surface area contributed by atoms with Crippen LogP contribution < -0.4 is 4.74 Å². The van der Waals surface area contributed by atoms with Crippen LogP contribution >= 0.6 is 0 Å². The molecule has 0 aromatic heterocycles. The predicted octanol–water partition coefficient (Wildman–Crippen LogP) is 1.46. The second-order valence-electron chi connectivity index (χ2n) is 3.84. The molecule has 1 aromatic carbocycles. The van der Waals surface area contributed by atoms with Gasteiger partial charge in [-0.2, -0.15) is 0 Å². The second kappa shape index (κ2) is 4.99. The van der Waals surface area contributed by atoms with Crippen LogP contribution in [-0.2, 0) is 11.2 Å². The van der Waals surface area contributed by atoms with Gasteiger partial charge in [-0.25, -0.2) is 4.79 Å². The largest absolute Gasteiger partial charge is 0.494 e. The molecule has 0 spiro atoms. The summed E-state index contributed by atoms with van der Waals surface area (Å²) in [4.78, 5) is 10.8. The predicted molar refractivity (Wildman–Crippen MR) is 59.6 cm³/mol. The summed E-state index contributed by atoms with van der Waals surface area (Å²) < 4.78 is 5.29. The summed E-state index contributed by atoms with van der Waals surface area (Å²) in [6, 6.07) is 7.07. The molecule has 0 aliphatic rings. The smallest absolute Gasteiger partial charge is 0.335 e. The number of carbonyl (C=O) groups is 1. The van der Waals surface area contributed by atoms with E-state index in [-0.39, 0.29) is 6.42 Å². The Balaban J connectivity index is 2.81. The minimum atomic E-state index is -1.75. The number of aliphatic carboxylic acids is 1. The third-order valence-corrected chi connectivity index (χ3v) is 2.22. The number of benzene rings is 1. The van der Waals surface area contributed by atoms with Crippen molar-refractivity contribution in [1.82, 2.24) is 0 Å². The van der Waals surface area contributed by atoms with Gasteiger partial charge < -0.3 is 14.9 Å². The minimum absolute atomic E-state index is 0.0588. The fraction of sp³-hybridized carbons (Fsp3) is 0.417. The molecule has 4 heteroatoms. The van der Waals surface area contributed by atoms with Crippen LogP contribution in [0.1, 0.15) is 19.4 Å². The van der Waals surface area contributed by atoms with E-state index in [9.17, 15) is 9.90 Å². The summed E-state index contributed by atoms with van der Waals surface area (Å²) in [5.41, 5.74) is -1.01. The lowest BCUT2D eigenvalue weighted by Crippen LogP contribution is -2.37. The summed E-state index contributed by atoms with van der Waals surface area (Å²) in [7, 11) is 0. The van der Waals surface area contributed by atoms with Gasteiger partial charge >= 0.3 is 5.97 Å². The Morgan fingerprint density at radius 1 is 1.50 bits per heavy atom. The van der Waals surface area contributed by atoms with Gasteiger partial charge in [0.25, 0.3) is 0 Å². The van der Waals surface area contributed by atoms with E-state index in [2.05, 4.69) is 0 Å². The van der Waals surface area contributed by atoms with Gasteiger partial charge in [0, 0.05) is 6.42 Å². The Morgan fingerprint density at radius 2 is 2.19 bits per heavy atom. The number of aliphatic hydroxyl groups is 1. The molecule has 0 radical (unpaired) electrons. The van der Waals surface area contributed by atoms with Crippen LogP contribution in [0.3, 0.4) is 0 Å². The van der Waals surface area contributed by atoms with E-state index >= 15 is 0 Å². The summed E-state index contributed by atoms with van der Waals surface area (Å²) in [6.07, 6.45) is 0.0588. The number of rotatable bonds is 5. The van der Waals surface area contributed by atoms with Gasteiger partial charge in [0.15, 0.2) is 5.60 Å². The van der Waals surface area contributed by atoms with E-state index in [4.69, 9.17) is 9.84 Å². The van der Waals surface area contributed by atoms with Crippen molar-refractivity contribution in [2.24, 2.45) is 0 Å². The van der Waals surface area contributed by atoms with Gasteiger partial charge in [-0.15, -0.1) is 0 Å². The van der Waals surface area contributed by atoms with Gasteiger partial charge in [0.1, 0.15) is 5.75 Å². The highest BCUT2D eigenvalue weighted by atomic mass is 16.5. The van der Waals surface area contributed by atoms with Crippen LogP contribution in [0, 0.1) is 0 Å². The van der Waals surface area contributed by atoms with Crippen LogP contribution in [0.15, 0.2) is 24.3 Å². The molecule has 0 heterocycles. The molecule has 0 aliphatic heterocycles. The lowest BCUT2D eigenvalue weighted by molar-refractivity contribution is -0.156. The zero-order valence-electron chi connectivity index (χ0n) is 9.43. The van der Waals surface area contributed by atoms with Crippen molar-refractivity contribution < 1.29 is 19.7 Å². The van der Waals surface area contributed by atoms with Crippen molar-refractivity contribution in [3.63, 3.8) is 0 Å². The molecule has 0 saturated carbocycles. The van der Waals surface area contributed by atoms with Crippen molar-refractivity contribution in [2.45, 2.75) is 25.9 Å². The lowest BCUT2D eigenvalue weighted by atomic mass is 9.97. The summed E-state index contributed by atoms with van der Waals surface area (Å²) in [5, 5.41) is 18.4. The Hall–Kier alpha value is -1.55. The first kappa shape index (κ1) is 12.5. The first-order valence-electron chi connectivity index (χ1n) is 5.13. The van der Waals surface area contributed by atoms with E-state index in [0.29, 0.717) is 12.4 Å². The average molecular weight is 224 g/mol. The fourth-order valence-corrected chi connectivity index (χ4v) is 1.38. The Bertz CT molecular complexity index is 371. The number of hydrogen-bond acceptors (Lipinski definition) is 3. The monoisotopic (exact) mass is 224 g/mol. The molecular weight excluding hydrogens is 208 g/mol. The van der Waals surface area contributed by atoms with Crippen LogP contribution in [0.2, 0.25) is 0 Å². The zero-order chi connectivity index (χ0) is 12.2. The topological polar surface area (TPSA) is 66.8 Å². The first-order valence-corrected chi connectivity index (χ1v) is 5.13. The van der Waals surface area contributed by atoms with Crippen molar-refractivity contribution in [2.75, 3.05) is 6.61 Å². The van der Waals surface area contributed by atoms with Crippen molar-refractivity contribution in [3.05, 3.63) is 29.8 Å². The SMILES string of the molecule is CCOc1cccc(CC(C)(O)C(=O)O)c1. The van der Waals surface area contributed by atoms with Crippen LogP contribution in [0.5, 0.6) is 5.75 Å². The molecule has 0 aliphatic carbocycles. The maximum Gasteiger partial charge on any atom is 0.335 e. The quantitative estimate of drug-likeness (QED) is 0.794. The second-order valence-corrected chi connectivity index (χ2v) is 3.84. The molecule has 2 N–H and O–H groups in total. The lowest BCUT2D eigenvalue weighted by Gasteiger charge is -2.18. The summed E-state index contributed by atoms with van der Waals surface area (Å²) in [6.45, 7) is 3.71. The van der Waals surface area contributed by atoms with E-state index in [0.717, 1.165) is 5.56 Å². The highest BCUT2D eigenvalue weighted by molar-refractivity contribution is 5.76. The molecule has 1 unspecified atom stereocenters. The molecular formula is C12H16O4. The average Bonchev–Trinajstić information content (AvgIpc) is 2.17. The molecule has 16 heavy (non-hydrogen) atoms. The molecule has 0 amide bonds. The number of carboxylic acids is 1. The van der Waals surface area contributed by atoms with Gasteiger partial charge in [-0.1, -0.05) is 12.1 Å². The Kier molecular flexibility index (Phi) is 3.90. The van der Waals surface area contributed by atoms with E-state index in [1.54, 1.807) is 24.3 Å². The van der Waals surface area contributed by atoms with Gasteiger partial charge in [-0.05, 0) is 31.5 Å². The van der Waals surface area contributed by atoms with Crippen LogP contribution in [0.4, 0.5) is 0 Å². The standard InChI is InChI=1S/C12H16O4/c1-3-16-10-6-4-5-9(7-10)8-12(2,15)11(13)14/h4-7,15H,3,8H2,1-2H3,(H,13,14). The van der Waals surface area contributed by atoms with Gasteiger partial charge in [0.05, 0.1) is 6.61 Å². The summed E-state index contributed by atoms with van der Waals surface area (Å²) in [5.74, 6) is -0.546. The molecule has 1 rings (SSSR count). The summed E-state index contributed by atoms with van der Waals surface area (Å²) >= 11 is 0. The molecule has 88 valence electrons. The number of carboxylic acid groups (broad SMARTS) is 1. The van der Waals surface area contributed by atoms with Gasteiger partial charge in [0.2, 0.25) is 0 Å². The molecule has 4 nitrogen and oxygen atoms in total. The third kappa shape index (κ3) is 3.24. The van der Waals surface area contributed by atoms with E-state index in [1.807, 2.05) is 6.92 Å². The highest BCUT2D eigenvalue weighted by Crippen LogP contribution is 2.18. The Morgan fingerprint density at radius 3 is 2.75 bits per heavy atom. The molecule has 0 saturated heterocycles. The number of hydrogen-bond donors (Lipinski definition) is 2. The molecule has 0 fully saturated rings. The Labute approximate surface area is 94.5 Å². The van der Waals surface area contributed by atoms with Crippen molar-refractivity contribution in [1.29, 1.82) is 0 Å². The fourth-order valence-electron chi connectivity index (χ4n) is 1.38. The molecule has 1 aromatic rings. The third-order valence-electron chi connectivity index (χ3n) is 2.22. The van der Waals surface area contributed by atoms with E-state index in [1.165, 1.54) is 6.92 Å². The maximum absolute atomic E-state index is 10.8. The normalized spacial score (nSPS) is 14.2. The number of ether oxygens (including phenoxy) is 1. The zero-order valence-corrected chi connectivity index (χ0v) is 9.43. The van der Waals surface area contributed by atoms with Crippen molar-refractivity contribution in [3.8, 4) is 5.75 Å². The van der Waals surface area contributed by atoms with Gasteiger partial charge in [-0.3, -0.25) is 0 Å². The van der Waals surface area contributed by atoms with E-state index < -0.39 is 11.6 Å². The molecule has 1 atom stereocenters. The molecule has 0 bridgehead atoms. The maximum atomic E-state index is 10.8. The highest BCUT2D eigenvalue weighted by Gasteiger charge is 2.29.